The molecule has 0 aliphatic rings. The number of nitrogens with zero attached hydrogens (tertiary/aromatic N) is 2. The minimum atomic E-state index is -0.0694. The van der Waals surface area contributed by atoms with Crippen LogP contribution in [0.4, 0.5) is 5.69 Å². The number of carbonyl (C=O) groups excluding carboxylic acids is 2. The van der Waals surface area contributed by atoms with Crippen LogP contribution < -0.4 is 5.32 Å². The van der Waals surface area contributed by atoms with Gasteiger partial charge >= 0.3 is 0 Å². The maximum Gasteiger partial charge on any atom is 0.226 e. The highest BCUT2D eigenvalue weighted by atomic mass is 16.2. The Balaban J connectivity index is 2.35. The maximum atomic E-state index is 11.9. The number of nitrogens with one attached hydrogen (secondary N) is 1. The van der Waals surface area contributed by atoms with E-state index >= 15 is 0 Å². The van der Waals surface area contributed by atoms with Crippen LogP contribution in [0, 0.1) is 0 Å². The lowest BCUT2D eigenvalue weighted by Gasteiger charge is -2.21. The SMILES string of the molecule is CC(=O)N(CCCN(C)C)CCC(=O)Nc1ccccc1. The van der Waals surface area contributed by atoms with Gasteiger partial charge in [-0.15, -0.1) is 0 Å². The van der Waals surface area contributed by atoms with Crippen LogP contribution in [0.5, 0.6) is 0 Å². The largest absolute Gasteiger partial charge is 0.342 e. The summed E-state index contributed by atoms with van der Waals surface area (Å²) in [5, 5.41) is 2.83. The molecule has 0 aliphatic heterocycles. The Bertz CT molecular complexity index is 446. The second kappa shape index (κ2) is 9.13. The quantitative estimate of drug-likeness (QED) is 0.795. The number of para-hydroxylation sites is 1. The molecule has 0 unspecified atom stereocenters. The number of carbonyl (C=O) groups is 2. The summed E-state index contributed by atoms with van der Waals surface area (Å²) in [5.41, 5.74) is 0.782. The second-order valence-corrected chi connectivity index (χ2v) is 5.33. The first-order valence-electron chi connectivity index (χ1n) is 7.24. The van der Waals surface area contributed by atoms with Gasteiger partial charge in [-0.2, -0.15) is 0 Å². The number of anilines is 1. The summed E-state index contributed by atoms with van der Waals surface area (Å²) in [4.78, 5) is 27.2. The number of hydrogen-bond acceptors (Lipinski definition) is 3. The highest BCUT2D eigenvalue weighted by Crippen LogP contribution is 2.06. The molecule has 116 valence electrons. The van der Waals surface area contributed by atoms with Gasteiger partial charge in [-0.1, -0.05) is 18.2 Å². The minimum Gasteiger partial charge on any atom is -0.342 e. The molecule has 0 aromatic heterocycles. The van der Waals surface area contributed by atoms with Gasteiger partial charge in [0.25, 0.3) is 0 Å². The van der Waals surface area contributed by atoms with Crippen LogP contribution in [0.25, 0.3) is 0 Å². The summed E-state index contributed by atoms with van der Waals surface area (Å²) in [6.45, 7) is 3.62. The van der Waals surface area contributed by atoms with E-state index in [1.807, 2.05) is 44.4 Å². The van der Waals surface area contributed by atoms with Gasteiger partial charge in [-0.25, -0.2) is 0 Å². The lowest BCUT2D eigenvalue weighted by atomic mass is 10.3. The second-order valence-electron chi connectivity index (χ2n) is 5.33. The molecule has 0 aliphatic carbocycles. The van der Waals surface area contributed by atoms with E-state index in [1.54, 1.807) is 11.8 Å². The molecular formula is C16H25N3O2. The first-order chi connectivity index (χ1) is 9.99. The summed E-state index contributed by atoms with van der Waals surface area (Å²) in [5.74, 6) is -0.0543. The van der Waals surface area contributed by atoms with Gasteiger partial charge in [-0.3, -0.25) is 9.59 Å². The van der Waals surface area contributed by atoms with Gasteiger partial charge in [0.05, 0.1) is 0 Å². The van der Waals surface area contributed by atoms with E-state index in [1.165, 1.54) is 0 Å². The van der Waals surface area contributed by atoms with Gasteiger partial charge in [-0.05, 0) is 39.2 Å². The van der Waals surface area contributed by atoms with Gasteiger partial charge in [0, 0.05) is 32.1 Å². The van der Waals surface area contributed by atoms with E-state index in [9.17, 15) is 9.59 Å². The Morgan fingerprint density at radius 3 is 2.29 bits per heavy atom. The van der Waals surface area contributed by atoms with Gasteiger partial charge in [0.2, 0.25) is 11.8 Å². The van der Waals surface area contributed by atoms with Crippen LogP contribution in [-0.4, -0.2) is 55.3 Å². The number of rotatable bonds is 8. The van der Waals surface area contributed by atoms with E-state index in [2.05, 4.69) is 10.2 Å². The summed E-state index contributed by atoms with van der Waals surface area (Å²) >= 11 is 0. The summed E-state index contributed by atoms with van der Waals surface area (Å²) < 4.78 is 0. The number of hydrogen-bond donors (Lipinski definition) is 1. The molecule has 0 radical (unpaired) electrons. The zero-order chi connectivity index (χ0) is 15.7. The van der Waals surface area contributed by atoms with E-state index in [4.69, 9.17) is 0 Å². The van der Waals surface area contributed by atoms with Crippen molar-refractivity contribution in [2.45, 2.75) is 19.8 Å². The van der Waals surface area contributed by atoms with Crippen LogP contribution in [0.1, 0.15) is 19.8 Å². The summed E-state index contributed by atoms with van der Waals surface area (Å²) in [6.07, 6.45) is 1.23. The van der Waals surface area contributed by atoms with E-state index < -0.39 is 0 Å². The average molecular weight is 291 g/mol. The van der Waals surface area contributed by atoms with Crippen LogP contribution in [-0.2, 0) is 9.59 Å². The topological polar surface area (TPSA) is 52.7 Å². The Morgan fingerprint density at radius 2 is 1.71 bits per heavy atom. The number of amides is 2. The average Bonchev–Trinajstić information content (AvgIpc) is 2.43. The molecule has 1 aromatic carbocycles. The predicted molar refractivity (Wildman–Crippen MR) is 85.1 cm³/mol. The Labute approximate surface area is 126 Å². The molecule has 0 saturated heterocycles. The molecule has 0 fully saturated rings. The van der Waals surface area contributed by atoms with Gasteiger partial charge in [0.1, 0.15) is 0 Å². The van der Waals surface area contributed by atoms with Gasteiger partial charge in [0.15, 0.2) is 0 Å². The standard InChI is InChI=1S/C16H25N3O2/c1-14(20)19(12-7-11-18(2)3)13-10-16(21)17-15-8-5-4-6-9-15/h4-6,8-9H,7,10-13H2,1-3H3,(H,17,21). The summed E-state index contributed by atoms with van der Waals surface area (Å²) in [6, 6.07) is 9.34. The molecule has 21 heavy (non-hydrogen) atoms. The van der Waals surface area contributed by atoms with Crippen LogP contribution in [0.2, 0.25) is 0 Å². The third-order valence-electron chi connectivity index (χ3n) is 3.15. The van der Waals surface area contributed by atoms with Crippen LogP contribution >= 0.6 is 0 Å². The highest BCUT2D eigenvalue weighted by molar-refractivity contribution is 5.91. The third kappa shape index (κ3) is 7.46. The zero-order valence-corrected chi connectivity index (χ0v) is 13.1. The van der Waals surface area contributed by atoms with Crippen molar-refractivity contribution < 1.29 is 9.59 Å². The fourth-order valence-electron chi connectivity index (χ4n) is 1.99. The first kappa shape index (κ1) is 17.2. The van der Waals surface area contributed by atoms with Crippen molar-refractivity contribution in [3.8, 4) is 0 Å². The van der Waals surface area contributed by atoms with Gasteiger partial charge < -0.3 is 15.1 Å². The van der Waals surface area contributed by atoms with Crippen molar-refractivity contribution in [3.05, 3.63) is 30.3 Å². The predicted octanol–water partition coefficient (Wildman–Crippen LogP) is 1.82. The number of benzene rings is 1. The summed E-state index contributed by atoms with van der Waals surface area (Å²) in [7, 11) is 4.01. The lowest BCUT2D eigenvalue weighted by molar-refractivity contribution is -0.129. The molecule has 1 aromatic rings. The van der Waals surface area contributed by atoms with Crippen molar-refractivity contribution >= 4 is 17.5 Å². The Hall–Kier alpha value is -1.88. The lowest BCUT2D eigenvalue weighted by Crippen LogP contribution is -2.34. The molecule has 5 nitrogen and oxygen atoms in total. The van der Waals surface area contributed by atoms with E-state index in [-0.39, 0.29) is 11.8 Å². The molecule has 0 saturated carbocycles. The molecule has 1 N–H and O–H groups in total. The molecule has 0 atom stereocenters. The fraction of sp³-hybridized carbons (Fsp3) is 0.500. The minimum absolute atomic E-state index is 0.0151. The maximum absolute atomic E-state index is 11.9. The first-order valence-corrected chi connectivity index (χ1v) is 7.24. The van der Waals surface area contributed by atoms with Crippen molar-refractivity contribution in [1.82, 2.24) is 9.80 Å². The third-order valence-corrected chi connectivity index (χ3v) is 3.15. The molecule has 0 heterocycles. The molecular weight excluding hydrogens is 266 g/mol. The smallest absolute Gasteiger partial charge is 0.226 e. The Morgan fingerprint density at radius 1 is 1.05 bits per heavy atom. The van der Waals surface area contributed by atoms with Crippen molar-refractivity contribution in [1.29, 1.82) is 0 Å². The van der Waals surface area contributed by atoms with E-state index in [0.717, 1.165) is 18.7 Å². The molecule has 0 bridgehead atoms. The Kier molecular flexibility index (Phi) is 7.46. The van der Waals surface area contributed by atoms with Crippen molar-refractivity contribution in [2.75, 3.05) is 39.0 Å². The zero-order valence-electron chi connectivity index (χ0n) is 13.1. The van der Waals surface area contributed by atoms with E-state index in [0.29, 0.717) is 19.5 Å². The monoisotopic (exact) mass is 291 g/mol. The molecule has 5 heteroatoms. The molecule has 0 spiro atoms. The van der Waals surface area contributed by atoms with Crippen LogP contribution in [0.15, 0.2) is 30.3 Å². The fourth-order valence-corrected chi connectivity index (χ4v) is 1.99. The molecule has 1 rings (SSSR count). The molecule has 2 amide bonds. The van der Waals surface area contributed by atoms with Crippen molar-refractivity contribution in [2.24, 2.45) is 0 Å². The highest BCUT2D eigenvalue weighted by Gasteiger charge is 2.11. The normalized spacial score (nSPS) is 10.5. The van der Waals surface area contributed by atoms with Crippen molar-refractivity contribution in [3.63, 3.8) is 0 Å². The van der Waals surface area contributed by atoms with Crippen LogP contribution in [0.3, 0.4) is 0 Å².